The van der Waals surface area contributed by atoms with E-state index in [2.05, 4.69) is 5.32 Å². The maximum atomic E-state index is 12.4. The molecule has 5 nitrogen and oxygen atoms in total. The number of aliphatic carboxylic acids is 1. The van der Waals surface area contributed by atoms with Crippen LogP contribution in [0.25, 0.3) is 0 Å². The molecule has 0 unspecified atom stereocenters. The number of para-hydroxylation sites is 1. The lowest BCUT2D eigenvalue weighted by molar-refractivity contribution is -0.138. The molecule has 0 spiro atoms. The lowest BCUT2D eigenvalue weighted by Gasteiger charge is -2.27. The van der Waals surface area contributed by atoms with E-state index in [-0.39, 0.29) is 18.6 Å². The van der Waals surface area contributed by atoms with Gasteiger partial charge in [0.15, 0.2) is 0 Å². The third kappa shape index (κ3) is 4.14. The zero-order chi connectivity index (χ0) is 15.2. The summed E-state index contributed by atoms with van der Waals surface area (Å²) < 4.78 is 0. The summed E-state index contributed by atoms with van der Waals surface area (Å²) in [6.07, 6.45) is 5.80. The van der Waals surface area contributed by atoms with Crippen LogP contribution in [0.1, 0.15) is 25.7 Å². The van der Waals surface area contributed by atoms with Crippen molar-refractivity contribution in [1.82, 2.24) is 4.90 Å². The fourth-order valence-corrected chi connectivity index (χ4v) is 3.22. The van der Waals surface area contributed by atoms with Gasteiger partial charge in [-0.05, 0) is 31.2 Å². The number of benzene rings is 1. The Bertz CT molecular complexity index is 515. The molecule has 1 aromatic carbocycles. The molecule has 1 aliphatic carbocycles. The predicted octanol–water partition coefficient (Wildman–Crippen LogP) is 3.27. The van der Waals surface area contributed by atoms with Crippen LogP contribution in [0.15, 0.2) is 29.2 Å². The first-order chi connectivity index (χ1) is 10.1. The third-order valence-electron chi connectivity index (χ3n) is 3.68. The first kappa shape index (κ1) is 15.7. The number of rotatable bonds is 5. The summed E-state index contributed by atoms with van der Waals surface area (Å²) in [7, 11) is 0. The van der Waals surface area contributed by atoms with Gasteiger partial charge in [-0.3, -0.25) is 4.79 Å². The molecule has 114 valence electrons. The van der Waals surface area contributed by atoms with Crippen molar-refractivity contribution in [2.24, 2.45) is 0 Å². The highest BCUT2D eigenvalue weighted by atomic mass is 32.2. The van der Waals surface area contributed by atoms with Gasteiger partial charge in [0.05, 0.1) is 5.69 Å². The van der Waals surface area contributed by atoms with Gasteiger partial charge in [0, 0.05) is 10.9 Å². The van der Waals surface area contributed by atoms with Crippen molar-refractivity contribution in [3.05, 3.63) is 24.3 Å². The van der Waals surface area contributed by atoms with Crippen LogP contribution in [0.4, 0.5) is 10.5 Å². The summed E-state index contributed by atoms with van der Waals surface area (Å²) in [6.45, 7) is -0.252. The number of carboxylic acid groups (broad SMARTS) is 1. The molecule has 2 rings (SSSR count). The lowest BCUT2D eigenvalue weighted by Crippen LogP contribution is -2.44. The molecule has 1 fully saturated rings. The second-order valence-corrected chi connectivity index (χ2v) is 5.94. The molecule has 0 bridgehead atoms. The Kier molecular flexibility index (Phi) is 5.50. The van der Waals surface area contributed by atoms with E-state index in [0.717, 1.165) is 36.3 Å². The van der Waals surface area contributed by atoms with Crippen molar-refractivity contribution in [2.75, 3.05) is 18.1 Å². The standard InChI is InChI=1S/C15H20N2O3S/c1-21-13-9-5-4-8-12(13)16-15(20)17(10-14(18)19)11-6-2-3-7-11/h4-5,8-9,11H,2-3,6-7,10H2,1H3,(H,16,20)(H,18,19). The number of hydrogen-bond donors (Lipinski definition) is 2. The zero-order valence-corrected chi connectivity index (χ0v) is 12.9. The molecule has 6 heteroatoms. The number of anilines is 1. The van der Waals surface area contributed by atoms with E-state index in [1.807, 2.05) is 30.5 Å². The first-order valence-corrected chi connectivity index (χ1v) is 8.26. The molecule has 2 amide bonds. The summed E-state index contributed by atoms with van der Waals surface area (Å²) in [5.41, 5.74) is 0.725. The highest BCUT2D eigenvalue weighted by Crippen LogP contribution is 2.27. The van der Waals surface area contributed by atoms with Gasteiger partial charge >= 0.3 is 12.0 Å². The molecule has 0 radical (unpaired) electrons. The molecule has 2 N–H and O–H groups in total. The maximum Gasteiger partial charge on any atom is 0.323 e. The monoisotopic (exact) mass is 308 g/mol. The van der Waals surface area contributed by atoms with Gasteiger partial charge in [-0.15, -0.1) is 11.8 Å². The number of urea groups is 1. The topological polar surface area (TPSA) is 69.6 Å². The Morgan fingerprint density at radius 3 is 2.62 bits per heavy atom. The fraction of sp³-hybridized carbons (Fsp3) is 0.467. The van der Waals surface area contributed by atoms with Crippen LogP contribution in [0.3, 0.4) is 0 Å². The van der Waals surface area contributed by atoms with E-state index < -0.39 is 5.97 Å². The average molecular weight is 308 g/mol. The summed E-state index contributed by atoms with van der Waals surface area (Å²) in [4.78, 5) is 25.9. The number of hydrogen-bond acceptors (Lipinski definition) is 3. The van der Waals surface area contributed by atoms with Crippen molar-refractivity contribution < 1.29 is 14.7 Å². The predicted molar refractivity (Wildman–Crippen MR) is 83.8 cm³/mol. The lowest BCUT2D eigenvalue weighted by atomic mass is 10.2. The van der Waals surface area contributed by atoms with E-state index in [0.29, 0.717) is 0 Å². The number of nitrogens with one attached hydrogen (secondary N) is 1. The van der Waals surface area contributed by atoms with Crippen LogP contribution in [0.5, 0.6) is 0 Å². The molecule has 0 saturated heterocycles. The summed E-state index contributed by atoms with van der Waals surface area (Å²) in [6, 6.07) is 7.22. The average Bonchev–Trinajstić information content (AvgIpc) is 2.99. The number of carbonyl (C=O) groups is 2. The minimum atomic E-state index is -0.977. The molecule has 0 atom stereocenters. The molecule has 1 aliphatic rings. The van der Waals surface area contributed by atoms with Crippen LogP contribution in [0, 0.1) is 0 Å². The quantitative estimate of drug-likeness (QED) is 0.819. The Morgan fingerprint density at radius 2 is 2.00 bits per heavy atom. The Hall–Kier alpha value is -1.69. The number of carbonyl (C=O) groups excluding carboxylic acids is 1. The molecular weight excluding hydrogens is 288 g/mol. The first-order valence-electron chi connectivity index (χ1n) is 7.04. The number of carboxylic acids is 1. The largest absolute Gasteiger partial charge is 0.480 e. The van der Waals surface area contributed by atoms with E-state index in [9.17, 15) is 9.59 Å². The van der Waals surface area contributed by atoms with Gasteiger partial charge in [0.2, 0.25) is 0 Å². The van der Waals surface area contributed by atoms with Gasteiger partial charge in [0.25, 0.3) is 0 Å². The Labute approximate surface area is 128 Å². The van der Waals surface area contributed by atoms with E-state index in [1.165, 1.54) is 4.90 Å². The second kappa shape index (κ2) is 7.36. The minimum absolute atomic E-state index is 0.0301. The van der Waals surface area contributed by atoms with Gasteiger partial charge in [-0.1, -0.05) is 25.0 Å². The van der Waals surface area contributed by atoms with Gasteiger partial charge in [-0.2, -0.15) is 0 Å². The smallest absolute Gasteiger partial charge is 0.323 e. The zero-order valence-electron chi connectivity index (χ0n) is 12.0. The van der Waals surface area contributed by atoms with Gasteiger partial charge in [-0.25, -0.2) is 4.79 Å². The Balaban J connectivity index is 2.12. The molecule has 1 aromatic rings. The van der Waals surface area contributed by atoms with Crippen molar-refractivity contribution >= 4 is 29.4 Å². The molecule has 21 heavy (non-hydrogen) atoms. The van der Waals surface area contributed by atoms with E-state index in [1.54, 1.807) is 11.8 Å². The van der Waals surface area contributed by atoms with Crippen LogP contribution in [-0.2, 0) is 4.79 Å². The number of nitrogens with zero attached hydrogens (tertiary/aromatic N) is 1. The summed E-state index contributed by atoms with van der Waals surface area (Å²) in [5.74, 6) is -0.977. The van der Waals surface area contributed by atoms with Crippen molar-refractivity contribution in [3.63, 3.8) is 0 Å². The van der Waals surface area contributed by atoms with Crippen LogP contribution < -0.4 is 5.32 Å². The molecule has 0 heterocycles. The van der Waals surface area contributed by atoms with Crippen molar-refractivity contribution in [2.45, 2.75) is 36.6 Å². The second-order valence-electron chi connectivity index (χ2n) is 5.09. The normalized spacial score (nSPS) is 14.9. The number of thioether (sulfide) groups is 1. The maximum absolute atomic E-state index is 12.4. The van der Waals surface area contributed by atoms with Crippen molar-refractivity contribution in [1.29, 1.82) is 0 Å². The van der Waals surface area contributed by atoms with Crippen LogP contribution in [0.2, 0.25) is 0 Å². The summed E-state index contributed by atoms with van der Waals surface area (Å²) >= 11 is 1.55. The molecule has 0 aromatic heterocycles. The highest BCUT2D eigenvalue weighted by molar-refractivity contribution is 7.98. The van der Waals surface area contributed by atoms with E-state index >= 15 is 0 Å². The molecule has 0 aliphatic heterocycles. The van der Waals surface area contributed by atoms with E-state index in [4.69, 9.17) is 5.11 Å². The summed E-state index contributed by atoms with van der Waals surface area (Å²) in [5, 5.41) is 11.9. The highest BCUT2D eigenvalue weighted by Gasteiger charge is 2.28. The molecular formula is C15H20N2O3S. The van der Waals surface area contributed by atoms with Crippen molar-refractivity contribution in [3.8, 4) is 0 Å². The van der Waals surface area contributed by atoms with Gasteiger partial charge in [0.1, 0.15) is 6.54 Å². The molecule has 1 saturated carbocycles. The van der Waals surface area contributed by atoms with Gasteiger partial charge < -0.3 is 15.3 Å². The fourth-order valence-electron chi connectivity index (χ4n) is 2.66. The minimum Gasteiger partial charge on any atom is -0.480 e. The van der Waals surface area contributed by atoms with Crippen LogP contribution in [-0.4, -0.2) is 40.8 Å². The third-order valence-corrected chi connectivity index (χ3v) is 4.48. The Morgan fingerprint density at radius 1 is 1.33 bits per heavy atom. The number of amides is 2. The SMILES string of the molecule is CSc1ccccc1NC(=O)N(CC(=O)O)C1CCCC1. The van der Waals surface area contributed by atoms with Crippen LogP contribution >= 0.6 is 11.8 Å².